The Balaban J connectivity index is 0.881. The van der Waals surface area contributed by atoms with Gasteiger partial charge in [0.05, 0.1) is 0 Å². The number of unbranched alkanes of at least 4 members (excludes halogenated alkanes) is 5. The number of fused-ring (bicyclic) bond motifs is 1. The van der Waals surface area contributed by atoms with Crippen LogP contribution in [0.4, 0.5) is 0 Å². The summed E-state index contributed by atoms with van der Waals surface area (Å²) in [7, 11) is 2.42. The molecule has 1 atom stereocenters. The normalized spacial score (nSPS) is 31.3. The lowest BCUT2D eigenvalue weighted by atomic mass is 9.52. The predicted molar refractivity (Wildman–Crippen MR) is 154 cm³/mol. The minimum Gasteiger partial charge on any atom is -0.322 e. The summed E-state index contributed by atoms with van der Waals surface area (Å²) in [6, 6.07) is 5.37. The fraction of sp³-hybridized carbons (Fsp3) is 0.719. The quantitative estimate of drug-likeness (QED) is 0.203. The van der Waals surface area contributed by atoms with E-state index in [0.29, 0.717) is 24.1 Å². The summed E-state index contributed by atoms with van der Waals surface area (Å²) in [5.74, 6) is 3.45. The summed E-state index contributed by atoms with van der Waals surface area (Å²) in [4.78, 5) is 42.5. The Morgan fingerprint density at radius 3 is 2.31 bits per heavy atom. The lowest BCUT2D eigenvalue weighted by Gasteiger charge is -2.60. The molecule has 0 radical (unpaired) electrons. The molecule has 7 rings (SSSR count). The average Bonchev–Trinajstić information content (AvgIpc) is 3.23. The Labute approximate surface area is 238 Å². The molecule has 6 nitrogen and oxygen atoms in total. The molecule has 2 heterocycles. The van der Waals surface area contributed by atoms with E-state index >= 15 is 0 Å². The zero-order valence-corrected chi connectivity index (χ0v) is 24.4. The molecule has 212 valence electrons. The Morgan fingerprint density at radius 1 is 0.949 bits per heavy atom. The molecule has 1 unspecified atom stereocenters. The number of nitrogens with one attached hydrogen (secondary N) is 1. The van der Waals surface area contributed by atoms with E-state index in [1.165, 1.54) is 83.6 Å². The summed E-state index contributed by atoms with van der Waals surface area (Å²) < 4.78 is 0. The van der Waals surface area contributed by atoms with E-state index < -0.39 is 6.04 Å². The zero-order chi connectivity index (χ0) is 27.0. The second-order valence-corrected chi connectivity index (χ2v) is 14.4. The monoisotopic (exact) mass is 551 g/mol. The number of rotatable bonds is 12. The van der Waals surface area contributed by atoms with Gasteiger partial charge in [-0.3, -0.25) is 19.7 Å². The third-order valence-electron chi connectivity index (χ3n) is 10.5. The molecular formula is C32H45N3O3S. The highest BCUT2D eigenvalue weighted by molar-refractivity contribution is 7.99. The van der Waals surface area contributed by atoms with Crippen molar-refractivity contribution in [2.75, 3.05) is 19.3 Å². The van der Waals surface area contributed by atoms with Crippen LogP contribution in [0.1, 0.15) is 106 Å². The maximum atomic E-state index is 13.0. The summed E-state index contributed by atoms with van der Waals surface area (Å²) in [6.07, 6.45) is 17.4. The van der Waals surface area contributed by atoms with Crippen LogP contribution in [0.5, 0.6) is 0 Å². The van der Waals surface area contributed by atoms with Crippen LogP contribution in [-0.2, 0) is 16.1 Å². The standard InChI is InChI=1S/C32H45N3O3S/c1-34(32-18-22-15-23(19-32)17-24(16-22)20-32)13-6-4-2-3-5-7-14-39-28-10-8-9-25-26(28)21-35(31(25)38)27-11-12-29(36)33-30(27)37/h8-10,22-24,27H,2-7,11-21H2,1H3,(H,33,36,37). The maximum absolute atomic E-state index is 13.0. The molecule has 5 fully saturated rings. The number of imide groups is 1. The van der Waals surface area contributed by atoms with Gasteiger partial charge in [-0.25, -0.2) is 0 Å². The molecule has 1 aromatic carbocycles. The molecule has 2 aliphatic heterocycles. The number of piperidine rings is 1. The number of thioether (sulfide) groups is 1. The van der Waals surface area contributed by atoms with Crippen LogP contribution in [0.2, 0.25) is 0 Å². The van der Waals surface area contributed by atoms with Crippen molar-refractivity contribution in [2.24, 2.45) is 17.8 Å². The van der Waals surface area contributed by atoms with Gasteiger partial charge in [0.2, 0.25) is 11.8 Å². The van der Waals surface area contributed by atoms with Gasteiger partial charge in [0.25, 0.3) is 5.91 Å². The van der Waals surface area contributed by atoms with Gasteiger partial charge < -0.3 is 9.80 Å². The van der Waals surface area contributed by atoms with E-state index in [4.69, 9.17) is 0 Å². The summed E-state index contributed by atoms with van der Waals surface area (Å²) >= 11 is 1.84. The van der Waals surface area contributed by atoms with E-state index in [9.17, 15) is 14.4 Å². The first-order valence-corrected chi connectivity index (χ1v) is 16.5. The van der Waals surface area contributed by atoms with Gasteiger partial charge in [-0.05, 0) is 113 Å². The van der Waals surface area contributed by atoms with Crippen molar-refractivity contribution in [3.8, 4) is 0 Å². The van der Waals surface area contributed by atoms with Crippen molar-refractivity contribution >= 4 is 29.5 Å². The maximum Gasteiger partial charge on any atom is 0.255 e. The highest BCUT2D eigenvalue weighted by Crippen LogP contribution is 2.57. The molecule has 0 aromatic heterocycles. The van der Waals surface area contributed by atoms with Crippen LogP contribution in [-0.4, -0.2) is 58.4 Å². The molecule has 4 saturated carbocycles. The number of hydrogen-bond donors (Lipinski definition) is 1. The van der Waals surface area contributed by atoms with E-state index in [-0.39, 0.29) is 24.1 Å². The summed E-state index contributed by atoms with van der Waals surface area (Å²) in [6.45, 7) is 1.73. The minimum atomic E-state index is -0.548. The van der Waals surface area contributed by atoms with Crippen molar-refractivity contribution < 1.29 is 14.4 Å². The topological polar surface area (TPSA) is 69.7 Å². The van der Waals surface area contributed by atoms with Crippen molar-refractivity contribution in [3.05, 3.63) is 29.3 Å². The molecule has 0 spiro atoms. The van der Waals surface area contributed by atoms with Crippen molar-refractivity contribution in [3.63, 3.8) is 0 Å². The Bertz CT molecular complexity index is 1070. The molecule has 1 aromatic rings. The van der Waals surface area contributed by atoms with E-state index in [2.05, 4.69) is 23.3 Å². The average molecular weight is 552 g/mol. The number of amides is 3. The molecule has 1 N–H and O–H groups in total. The van der Waals surface area contributed by atoms with Gasteiger partial charge in [-0.15, -0.1) is 11.8 Å². The molecule has 7 heteroatoms. The number of nitrogens with zero attached hydrogens (tertiary/aromatic N) is 2. The largest absolute Gasteiger partial charge is 0.322 e. The van der Waals surface area contributed by atoms with E-state index in [1.54, 1.807) is 4.90 Å². The summed E-state index contributed by atoms with van der Waals surface area (Å²) in [5.41, 5.74) is 2.30. The Morgan fingerprint density at radius 2 is 1.62 bits per heavy atom. The van der Waals surface area contributed by atoms with Crippen LogP contribution in [0.25, 0.3) is 0 Å². The first kappa shape index (κ1) is 27.3. The number of benzene rings is 1. The zero-order valence-electron chi connectivity index (χ0n) is 23.6. The van der Waals surface area contributed by atoms with Crippen molar-refractivity contribution in [1.29, 1.82) is 0 Å². The lowest BCUT2D eigenvalue weighted by molar-refractivity contribution is -0.136. The second kappa shape index (κ2) is 11.6. The fourth-order valence-corrected chi connectivity index (χ4v) is 9.89. The van der Waals surface area contributed by atoms with Crippen molar-refractivity contribution in [2.45, 2.75) is 113 Å². The third-order valence-corrected chi connectivity index (χ3v) is 11.7. The van der Waals surface area contributed by atoms with Crippen molar-refractivity contribution in [1.82, 2.24) is 15.1 Å². The lowest BCUT2D eigenvalue weighted by Crippen LogP contribution is -2.58. The third kappa shape index (κ3) is 5.68. The first-order chi connectivity index (χ1) is 18.9. The number of hydrogen-bond acceptors (Lipinski definition) is 5. The van der Waals surface area contributed by atoms with Crippen LogP contribution < -0.4 is 5.32 Å². The fourth-order valence-electron chi connectivity index (χ4n) is 8.80. The Hall–Kier alpha value is -1.86. The molecule has 6 aliphatic rings. The van der Waals surface area contributed by atoms with Gasteiger partial charge in [-0.2, -0.15) is 0 Å². The predicted octanol–water partition coefficient (Wildman–Crippen LogP) is 5.78. The van der Waals surface area contributed by atoms with E-state index in [0.717, 1.165) is 34.0 Å². The molecule has 4 aliphatic carbocycles. The van der Waals surface area contributed by atoms with E-state index in [1.807, 2.05) is 23.9 Å². The molecule has 3 amide bonds. The summed E-state index contributed by atoms with van der Waals surface area (Å²) in [5, 5.41) is 2.39. The minimum absolute atomic E-state index is 0.0872. The Kier molecular flexibility index (Phi) is 8.09. The number of carbonyl (C=O) groups excluding carboxylic acids is 3. The van der Waals surface area contributed by atoms with Gasteiger partial charge >= 0.3 is 0 Å². The van der Waals surface area contributed by atoms with Crippen LogP contribution in [0.15, 0.2) is 23.1 Å². The molecule has 4 bridgehead atoms. The van der Waals surface area contributed by atoms with Crippen LogP contribution in [0, 0.1) is 17.8 Å². The van der Waals surface area contributed by atoms with Gasteiger partial charge in [-0.1, -0.05) is 31.7 Å². The SMILES string of the molecule is CN(CCCCCCCCSc1cccc2c1CN(C1CCC(=O)NC1=O)C2=O)C12CC3CC(CC(C3)C1)C2. The molecule has 39 heavy (non-hydrogen) atoms. The van der Waals surface area contributed by atoms with Crippen LogP contribution >= 0.6 is 11.8 Å². The second-order valence-electron chi connectivity index (χ2n) is 13.2. The smallest absolute Gasteiger partial charge is 0.255 e. The number of carbonyl (C=O) groups is 3. The van der Waals surface area contributed by atoms with Gasteiger partial charge in [0, 0.05) is 29.0 Å². The highest BCUT2D eigenvalue weighted by Gasteiger charge is 2.52. The molecule has 1 saturated heterocycles. The van der Waals surface area contributed by atoms with Gasteiger partial charge in [0.1, 0.15) is 6.04 Å². The first-order valence-electron chi connectivity index (χ1n) is 15.5. The van der Waals surface area contributed by atoms with Crippen LogP contribution in [0.3, 0.4) is 0 Å². The highest BCUT2D eigenvalue weighted by atomic mass is 32.2. The molecular weight excluding hydrogens is 506 g/mol. The van der Waals surface area contributed by atoms with Gasteiger partial charge in [0.15, 0.2) is 0 Å².